The smallest absolute Gasteiger partial charge is 0.294 e. The maximum absolute atomic E-state index is 15.6. The van der Waals surface area contributed by atoms with Crippen LogP contribution < -0.4 is 17.1 Å². The molecule has 0 aliphatic carbocycles. The zero-order chi connectivity index (χ0) is 47.5. The summed E-state index contributed by atoms with van der Waals surface area (Å²) in [6, 6.07) is 0. The Labute approximate surface area is 347 Å². The monoisotopic (exact) mass is 825 g/mol. The number of rotatable bonds is 24. The first kappa shape index (κ1) is 51.1. The highest BCUT2D eigenvalue weighted by molar-refractivity contribution is 6.25. The molecule has 15 nitrogen and oxygen atoms in total. The number of Topliss-reactive ketones (excluding diaryl/α,β-unsaturated/α-hetero) is 9. The molecule has 0 aromatic carbocycles. The Hall–Kier alpha value is -6.90. The first-order chi connectivity index (χ1) is 27.2. The van der Waals surface area contributed by atoms with Crippen molar-refractivity contribution in [3.05, 3.63) is 141 Å². The first-order valence-corrected chi connectivity index (χ1v) is 18.0. The Morgan fingerprint density at radius 3 is 0.550 bits per heavy atom. The number of aromatic nitrogens is 3. The zero-order valence-electron chi connectivity index (χ0n) is 35.7. The Kier molecular flexibility index (Phi) is 15.6. The summed E-state index contributed by atoms with van der Waals surface area (Å²) in [5.74, 6) is -12.7. The van der Waals surface area contributed by atoms with E-state index in [0.29, 0.717) is 0 Å². The molecule has 0 saturated heterocycles. The van der Waals surface area contributed by atoms with Crippen molar-refractivity contribution in [3.63, 3.8) is 0 Å². The predicted octanol–water partition coefficient (Wildman–Crippen LogP) is 3.73. The van der Waals surface area contributed by atoms with Gasteiger partial charge in [0.1, 0.15) is 0 Å². The average molecular weight is 826 g/mol. The fraction of sp³-hybridized carbons (Fsp3) is 0.333. The fourth-order valence-corrected chi connectivity index (χ4v) is 6.43. The minimum absolute atomic E-state index is 0.280. The van der Waals surface area contributed by atoms with Gasteiger partial charge in [0.25, 0.3) is 0 Å². The number of hydrogen-bond donors (Lipinski definition) is 0. The molecule has 318 valence electrons. The van der Waals surface area contributed by atoms with Crippen LogP contribution in [0.15, 0.2) is 124 Å². The molecule has 1 rings (SSSR count). The molecule has 0 N–H and O–H groups in total. The molecule has 0 aliphatic rings. The Morgan fingerprint density at radius 2 is 0.450 bits per heavy atom. The minimum atomic E-state index is -3.50. The van der Waals surface area contributed by atoms with Crippen molar-refractivity contribution < 1.29 is 43.2 Å². The molecule has 0 amide bonds. The second-order valence-corrected chi connectivity index (χ2v) is 15.2. The average Bonchev–Trinajstić information content (AvgIpc) is 3.13. The highest BCUT2D eigenvalue weighted by Crippen LogP contribution is 2.34. The minimum Gasteiger partial charge on any atom is -0.294 e. The van der Waals surface area contributed by atoms with Gasteiger partial charge in [-0.1, -0.05) is 59.2 Å². The molecular formula is C45H51N3O12. The standard InChI is InChI=1S/C45H51N3O12/c1-22(2)31(49)19-43(34(52)25(7)8,35(53)26(9)10)46-40(58)47(44(36(54)27(11)12,37(55)28(13)14)20-32(50)23(3)4)42(60)48(41(46)59)45(38(56)29(15)16,39(57)30(17)18)21-33(51)24(5)6/h1,3,5,7,9,11,13,15,17,19-21H2,2,4,6,8,10,12,14,16,18H3. The van der Waals surface area contributed by atoms with E-state index in [1.54, 1.807) is 0 Å². The molecule has 0 radical (unpaired) electrons. The van der Waals surface area contributed by atoms with E-state index in [1.165, 1.54) is 0 Å². The predicted molar refractivity (Wildman–Crippen MR) is 225 cm³/mol. The van der Waals surface area contributed by atoms with Crippen LogP contribution in [0.25, 0.3) is 0 Å². The van der Waals surface area contributed by atoms with Crippen LogP contribution in [0.3, 0.4) is 0 Å². The number of hydrogen-bond acceptors (Lipinski definition) is 12. The third-order valence-electron chi connectivity index (χ3n) is 9.55. The van der Waals surface area contributed by atoms with Crippen molar-refractivity contribution in [2.45, 2.75) is 98.2 Å². The number of carbonyl (C=O) groups excluding carboxylic acids is 9. The molecule has 1 aromatic rings. The van der Waals surface area contributed by atoms with Crippen LogP contribution in [0.1, 0.15) is 81.6 Å². The molecule has 1 heterocycles. The maximum atomic E-state index is 15.6. The van der Waals surface area contributed by atoms with Crippen LogP contribution in [0, 0.1) is 0 Å². The van der Waals surface area contributed by atoms with Gasteiger partial charge in [0.05, 0.1) is 0 Å². The van der Waals surface area contributed by atoms with Crippen LogP contribution in [0.5, 0.6) is 0 Å². The summed E-state index contributed by atoms with van der Waals surface area (Å²) in [6.45, 7) is 41.6. The van der Waals surface area contributed by atoms with Gasteiger partial charge in [-0.25, -0.2) is 28.1 Å². The lowest BCUT2D eigenvalue weighted by Gasteiger charge is -2.39. The Balaban J connectivity index is 5.97. The van der Waals surface area contributed by atoms with E-state index in [0.717, 1.165) is 62.3 Å². The van der Waals surface area contributed by atoms with Gasteiger partial charge in [-0.3, -0.25) is 43.2 Å². The van der Waals surface area contributed by atoms with Gasteiger partial charge < -0.3 is 0 Å². The number of carbonyl (C=O) groups is 9. The molecule has 0 saturated carbocycles. The summed E-state index contributed by atoms with van der Waals surface area (Å²) in [4.78, 5) is 176. The second-order valence-electron chi connectivity index (χ2n) is 15.2. The van der Waals surface area contributed by atoms with Crippen molar-refractivity contribution >= 4 is 52.0 Å². The number of allylic oxidation sites excluding steroid dienone is 9. The second kappa shape index (κ2) is 18.4. The molecular weight excluding hydrogens is 775 g/mol. The SMILES string of the molecule is C=C(C)C(=O)CC(C(=O)C(=C)C)(C(=O)C(=C)C)n1c(=O)n(C(CC(=O)C(=C)C)(C(=O)C(=C)C)C(=O)C(=C)C)c(=O)n(C(CC(=O)C(=C)C)(C(=O)C(=C)C)C(=O)C(=C)C)c1=O. The van der Waals surface area contributed by atoms with Gasteiger partial charge >= 0.3 is 17.1 Å². The van der Waals surface area contributed by atoms with Crippen LogP contribution in [0.4, 0.5) is 0 Å². The summed E-state index contributed by atoms with van der Waals surface area (Å²) in [5, 5.41) is 0. The van der Waals surface area contributed by atoms with Crippen molar-refractivity contribution in [1.29, 1.82) is 0 Å². The normalized spacial score (nSPS) is 11.3. The van der Waals surface area contributed by atoms with Crippen LogP contribution >= 0.6 is 0 Å². The van der Waals surface area contributed by atoms with E-state index in [-0.39, 0.29) is 30.4 Å². The molecule has 0 fully saturated rings. The van der Waals surface area contributed by atoms with E-state index < -0.39 is 138 Å². The van der Waals surface area contributed by atoms with E-state index in [4.69, 9.17) is 0 Å². The van der Waals surface area contributed by atoms with Crippen molar-refractivity contribution in [1.82, 2.24) is 13.7 Å². The summed E-state index contributed by atoms with van der Waals surface area (Å²) in [7, 11) is 0. The number of nitrogens with zero attached hydrogens (tertiary/aromatic N) is 3. The van der Waals surface area contributed by atoms with Crippen LogP contribution in [0.2, 0.25) is 0 Å². The highest BCUT2D eigenvalue weighted by Gasteiger charge is 2.59. The van der Waals surface area contributed by atoms with Gasteiger partial charge in [0, 0.05) is 19.3 Å². The van der Waals surface area contributed by atoms with Crippen LogP contribution in [-0.4, -0.2) is 65.8 Å². The lowest BCUT2D eigenvalue weighted by molar-refractivity contribution is -0.141. The van der Waals surface area contributed by atoms with Crippen LogP contribution in [-0.2, 0) is 59.8 Å². The van der Waals surface area contributed by atoms with Gasteiger partial charge in [-0.15, -0.1) is 0 Å². The van der Waals surface area contributed by atoms with Gasteiger partial charge in [-0.2, -0.15) is 0 Å². The molecule has 60 heavy (non-hydrogen) atoms. The molecule has 0 spiro atoms. The molecule has 0 bridgehead atoms. The van der Waals surface area contributed by atoms with E-state index in [9.17, 15) is 43.2 Å². The molecule has 0 aliphatic heterocycles. The van der Waals surface area contributed by atoms with Crippen molar-refractivity contribution in [2.75, 3.05) is 0 Å². The lowest BCUT2D eigenvalue weighted by atomic mass is 9.76. The van der Waals surface area contributed by atoms with E-state index in [1.807, 2.05) is 0 Å². The van der Waals surface area contributed by atoms with Crippen molar-refractivity contribution in [3.8, 4) is 0 Å². The van der Waals surface area contributed by atoms with Gasteiger partial charge in [-0.05, 0) is 112 Å². The molecule has 1 aromatic heterocycles. The fourth-order valence-electron chi connectivity index (χ4n) is 6.43. The first-order valence-electron chi connectivity index (χ1n) is 18.0. The topological polar surface area (TPSA) is 220 Å². The summed E-state index contributed by atoms with van der Waals surface area (Å²) < 4.78 is -0.839. The molecule has 0 atom stereocenters. The van der Waals surface area contributed by atoms with E-state index in [2.05, 4.69) is 59.2 Å². The summed E-state index contributed by atoms with van der Waals surface area (Å²) in [6.07, 6.45) is -4.35. The highest BCUT2D eigenvalue weighted by atomic mass is 16.2. The Morgan fingerprint density at radius 1 is 0.317 bits per heavy atom. The third kappa shape index (κ3) is 8.60. The largest absolute Gasteiger partial charge is 0.338 e. The van der Waals surface area contributed by atoms with Crippen molar-refractivity contribution in [2.24, 2.45) is 0 Å². The Bertz CT molecular complexity index is 2150. The molecule has 15 heteroatoms. The number of ketones is 9. The lowest BCUT2D eigenvalue weighted by Crippen LogP contribution is -2.74. The zero-order valence-corrected chi connectivity index (χ0v) is 35.7. The maximum Gasteiger partial charge on any atom is 0.338 e. The van der Waals surface area contributed by atoms with Gasteiger partial charge in [0.15, 0.2) is 68.7 Å². The third-order valence-corrected chi connectivity index (χ3v) is 9.55. The summed E-state index contributed by atoms with van der Waals surface area (Å²) in [5.41, 5.74) is -21.5. The van der Waals surface area contributed by atoms with Gasteiger partial charge in [0.2, 0.25) is 0 Å². The quantitative estimate of drug-likeness (QED) is 0.108. The summed E-state index contributed by atoms with van der Waals surface area (Å²) >= 11 is 0. The van der Waals surface area contributed by atoms with E-state index >= 15 is 14.4 Å². The molecule has 0 unspecified atom stereocenters.